The molecule has 1 aliphatic heterocycles. The molecule has 1 saturated carbocycles. The lowest BCUT2D eigenvalue weighted by molar-refractivity contribution is -0.118. The van der Waals surface area contributed by atoms with E-state index < -0.39 is 6.04 Å². The van der Waals surface area contributed by atoms with Crippen LogP contribution in [0.3, 0.4) is 0 Å². The Morgan fingerprint density at radius 1 is 0.885 bits per heavy atom. The number of para-hydroxylation sites is 1. The molecule has 2 aliphatic rings. The van der Waals surface area contributed by atoms with Gasteiger partial charge in [-0.05, 0) is 30.5 Å². The topological polar surface area (TPSA) is 47.3 Å². The lowest BCUT2D eigenvalue weighted by atomic mass is 9.92. The Morgan fingerprint density at radius 3 is 2.12 bits per heavy atom. The van der Waals surface area contributed by atoms with E-state index >= 15 is 0 Å². The van der Waals surface area contributed by atoms with Gasteiger partial charge >= 0.3 is 0 Å². The summed E-state index contributed by atoms with van der Waals surface area (Å²) >= 11 is 0. The van der Waals surface area contributed by atoms with Crippen molar-refractivity contribution in [3.05, 3.63) is 66.2 Å². The van der Waals surface area contributed by atoms with Crippen molar-refractivity contribution in [1.29, 1.82) is 5.26 Å². The zero-order valence-corrected chi connectivity index (χ0v) is 14.8. The van der Waals surface area contributed by atoms with Crippen molar-refractivity contribution in [3.63, 3.8) is 0 Å². The highest BCUT2D eigenvalue weighted by Crippen LogP contribution is 2.42. The molecule has 0 unspecified atom stereocenters. The fourth-order valence-electron chi connectivity index (χ4n) is 4.37. The third-order valence-corrected chi connectivity index (χ3v) is 5.55. The van der Waals surface area contributed by atoms with Gasteiger partial charge < -0.3 is 0 Å². The van der Waals surface area contributed by atoms with Gasteiger partial charge in [0.1, 0.15) is 6.17 Å². The summed E-state index contributed by atoms with van der Waals surface area (Å²) < 4.78 is 0. The molecular formula is C22H23N3O. The second-order valence-corrected chi connectivity index (χ2v) is 7.10. The molecule has 4 rings (SSSR count). The maximum atomic E-state index is 13.2. The number of nitriles is 1. The smallest absolute Gasteiger partial charge is 0.260 e. The van der Waals surface area contributed by atoms with E-state index in [-0.39, 0.29) is 18.1 Å². The van der Waals surface area contributed by atoms with Crippen LogP contribution in [0.5, 0.6) is 0 Å². The molecule has 2 aromatic carbocycles. The van der Waals surface area contributed by atoms with Crippen LogP contribution in [0.1, 0.15) is 43.8 Å². The first-order chi connectivity index (χ1) is 12.8. The molecule has 0 spiro atoms. The minimum atomic E-state index is -0.719. The summed E-state index contributed by atoms with van der Waals surface area (Å²) in [5.74, 6) is -0.113. The zero-order chi connectivity index (χ0) is 17.9. The SMILES string of the molecule is N#C[C@H]1C(=O)N(c2ccccc2)[C@@H](c2ccccc2)N1C1CCCCC1. The molecule has 0 aromatic heterocycles. The Labute approximate surface area is 154 Å². The average Bonchev–Trinajstić information content (AvgIpc) is 3.02. The highest BCUT2D eigenvalue weighted by atomic mass is 16.2. The molecule has 0 bridgehead atoms. The summed E-state index contributed by atoms with van der Waals surface area (Å²) in [4.78, 5) is 17.2. The van der Waals surface area contributed by atoms with Gasteiger partial charge in [0.15, 0.2) is 6.04 Å². The lowest BCUT2D eigenvalue weighted by Gasteiger charge is -2.38. The Morgan fingerprint density at radius 2 is 1.50 bits per heavy atom. The fraction of sp³-hybridized carbons (Fsp3) is 0.364. The summed E-state index contributed by atoms with van der Waals surface area (Å²) in [5, 5.41) is 9.83. The van der Waals surface area contributed by atoms with E-state index in [0.717, 1.165) is 24.1 Å². The van der Waals surface area contributed by atoms with Crippen molar-refractivity contribution in [2.45, 2.75) is 50.4 Å². The summed E-state index contributed by atoms with van der Waals surface area (Å²) in [6.07, 6.45) is 5.46. The number of hydrogen-bond donors (Lipinski definition) is 0. The Hall–Kier alpha value is -2.64. The van der Waals surface area contributed by atoms with E-state index in [1.807, 2.05) is 53.4 Å². The van der Waals surface area contributed by atoms with Crippen LogP contribution in [0.15, 0.2) is 60.7 Å². The maximum Gasteiger partial charge on any atom is 0.260 e. The van der Waals surface area contributed by atoms with Crippen molar-refractivity contribution in [2.75, 3.05) is 4.90 Å². The van der Waals surface area contributed by atoms with Gasteiger partial charge in [0.2, 0.25) is 0 Å². The molecule has 2 atom stereocenters. The van der Waals surface area contributed by atoms with Crippen molar-refractivity contribution in [3.8, 4) is 6.07 Å². The predicted octanol–water partition coefficient (Wildman–Crippen LogP) is 4.26. The molecule has 1 saturated heterocycles. The van der Waals surface area contributed by atoms with Gasteiger partial charge in [-0.15, -0.1) is 0 Å². The molecule has 26 heavy (non-hydrogen) atoms. The zero-order valence-electron chi connectivity index (χ0n) is 14.8. The van der Waals surface area contributed by atoms with Crippen LogP contribution in [-0.4, -0.2) is 22.9 Å². The standard InChI is InChI=1S/C22H23N3O/c23-16-20-22(26)25(19-14-8-3-9-15-19)21(17-10-4-1-5-11-17)24(20)18-12-6-2-7-13-18/h1,3-5,8-11,14-15,18,20-21H,2,6-7,12-13H2/t20-,21-/m0/s1. The van der Waals surface area contributed by atoms with Crippen LogP contribution in [0, 0.1) is 11.3 Å². The second kappa shape index (κ2) is 7.31. The van der Waals surface area contributed by atoms with Gasteiger partial charge in [0, 0.05) is 11.7 Å². The molecule has 2 aromatic rings. The molecule has 1 aliphatic carbocycles. The first-order valence-corrected chi connectivity index (χ1v) is 9.41. The van der Waals surface area contributed by atoms with Crippen LogP contribution in [0.2, 0.25) is 0 Å². The monoisotopic (exact) mass is 345 g/mol. The number of nitrogens with zero attached hydrogens (tertiary/aromatic N) is 3. The summed E-state index contributed by atoms with van der Waals surface area (Å²) in [5.41, 5.74) is 1.91. The minimum Gasteiger partial charge on any atom is -0.290 e. The lowest BCUT2D eigenvalue weighted by Crippen LogP contribution is -2.43. The largest absolute Gasteiger partial charge is 0.290 e. The van der Waals surface area contributed by atoms with Crippen LogP contribution in [-0.2, 0) is 4.79 Å². The van der Waals surface area contributed by atoms with Gasteiger partial charge in [-0.25, -0.2) is 0 Å². The van der Waals surface area contributed by atoms with Crippen LogP contribution in [0.25, 0.3) is 0 Å². The number of carbonyl (C=O) groups excluding carboxylic acids is 1. The summed E-state index contributed by atoms with van der Waals surface area (Å²) in [6.45, 7) is 0. The molecule has 0 N–H and O–H groups in total. The van der Waals surface area contributed by atoms with E-state index in [1.165, 1.54) is 19.3 Å². The van der Waals surface area contributed by atoms with Crippen molar-refractivity contribution in [1.82, 2.24) is 4.90 Å². The van der Waals surface area contributed by atoms with E-state index in [9.17, 15) is 10.1 Å². The van der Waals surface area contributed by atoms with E-state index in [1.54, 1.807) is 0 Å². The molecule has 1 heterocycles. The van der Waals surface area contributed by atoms with Crippen LogP contribution in [0.4, 0.5) is 5.69 Å². The van der Waals surface area contributed by atoms with Gasteiger partial charge in [0.05, 0.1) is 6.07 Å². The first kappa shape index (κ1) is 16.8. The Bertz CT molecular complexity index is 793. The van der Waals surface area contributed by atoms with Gasteiger partial charge in [-0.3, -0.25) is 14.6 Å². The summed E-state index contributed by atoms with van der Waals surface area (Å²) in [6, 6.07) is 21.7. The van der Waals surface area contributed by atoms with Crippen molar-refractivity contribution >= 4 is 11.6 Å². The molecule has 2 fully saturated rings. The normalized spacial score (nSPS) is 24.6. The van der Waals surface area contributed by atoms with E-state index in [4.69, 9.17) is 0 Å². The maximum absolute atomic E-state index is 13.2. The van der Waals surface area contributed by atoms with Crippen LogP contribution < -0.4 is 4.90 Å². The molecule has 1 amide bonds. The molecule has 4 nitrogen and oxygen atoms in total. The molecule has 4 heteroatoms. The second-order valence-electron chi connectivity index (χ2n) is 7.10. The number of amides is 1. The Kier molecular flexibility index (Phi) is 4.73. The number of carbonyl (C=O) groups is 1. The first-order valence-electron chi connectivity index (χ1n) is 9.41. The van der Waals surface area contributed by atoms with E-state index in [2.05, 4.69) is 23.1 Å². The number of rotatable bonds is 3. The molecule has 0 radical (unpaired) electrons. The number of benzene rings is 2. The molecular weight excluding hydrogens is 322 g/mol. The third kappa shape index (κ3) is 2.89. The summed E-state index contributed by atoms with van der Waals surface area (Å²) in [7, 11) is 0. The van der Waals surface area contributed by atoms with Gasteiger partial charge in [-0.2, -0.15) is 5.26 Å². The van der Waals surface area contributed by atoms with Crippen molar-refractivity contribution in [2.24, 2.45) is 0 Å². The predicted molar refractivity (Wildman–Crippen MR) is 101 cm³/mol. The van der Waals surface area contributed by atoms with Gasteiger partial charge in [-0.1, -0.05) is 67.8 Å². The average molecular weight is 345 g/mol. The number of hydrogen-bond acceptors (Lipinski definition) is 3. The Balaban J connectivity index is 1.82. The molecule has 132 valence electrons. The highest BCUT2D eigenvalue weighted by Gasteiger charge is 2.50. The van der Waals surface area contributed by atoms with E-state index in [0.29, 0.717) is 0 Å². The quantitative estimate of drug-likeness (QED) is 0.835. The van der Waals surface area contributed by atoms with Crippen LogP contribution >= 0.6 is 0 Å². The van der Waals surface area contributed by atoms with Crippen molar-refractivity contribution < 1.29 is 4.79 Å². The number of anilines is 1. The minimum absolute atomic E-state index is 0.113. The third-order valence-electron chi connectivity index (χ3n) is 5.55. The highest BCUT2D eigenvalue weighted by molar-refractivity contribution is 6.01. The fourth-order valence-corrected chi connectivity index (χ4v) is 4.37. The van der Waals surface area contributed by atoms with Gasteiger partial charge in [0.25, 0.3) is 5.91 Å².